The van der Waals surface area contributed by atoms with E-state index in [2.05, 4.69) is 35.6 Å². The van der Waals surface area contributed by atoms with Crippen LogP contribution in [0.4, 0.5) is 30.9 Å². The van der Waals surface area contributed by atoms with E-state index < -0.39 is 24.1 Å². The number of fused-ring (bicyclic) bond motifs is 3. The normalized spacial score (nSPS) is 21.9. The number of halogens is 2. The number of imide groups is 1. The van der Waals surface area contributed by atoms with Gasteiger partial charge in [0.15, 0.2) is 11.3 Å². The Labute approximate surface area is 272 Å². The Morgan fingerprint density at radius 1 is 1.12 bits per heavy atom. The molecule has 4 aliphatic rings. The minimum absolute atomic E-state index is 0.0466. The van der Waals surface area contributed by atoms with Gasteiger partial charge in [-0.3, -0.25) is 29.4 Å². The number of hydrogen-bond donors (Lipinski definition) is 2. The summed E-state index contributed by atoms with van der Waals surface area (Å²) in [6, 6.07) is 5.19. The number of likely N-dealkylation sites (tertiary alicyclic amines) is 1. The van der Waals surface area contributed by atoms with Crippen molar-refractivity contribution < 1.29 is 27.9 Å². The number of hydrogen-bond acceptors (Lipinski definition) is 10. The number of rotatable bonds is 8. The largest absolute Gasteiger partial charge is 0.374 e. The number of carbonyl (C=O) groups excluding carboxylic acids is 3. The Balaban J connectivity index is 0.926. The molecule has 0 spiro atoms. The highest BCUT2D eigenvalue weighted by atomic mass is 19.3. The fourth-order valence-electron chi connectivity index (χ4n) is 6.99. The number of urea groups is 1. The predicted octanol–water partition coefficient (Wildman–Crippen LogP) is 2.77. The van der Waals surface area contributed by atoms with Crippen molar-refractivity contribution in [3.05, 3.63) is 59.8 Å². The standard InChI is InChI=1S/C31H33F2N11O4/c32-28(33)27-23(36-30(46)22-13-35-43-10-4-24(37-29(22)43)42-15-21-12-20(42)17-48-21)16-44(39-27)19-2-7-40(8-3-19)14-18-1-6-34-25(11-18)41-9-5-26(45)38-31(41)47/h1,4,6,10-11,13,16,19-21,28H,2-3,5,7-9,12,14-15,17H2,(H,36,46)(H,38,45,47)/t20-,21-/m0/s1. The second-order valence-electron chi connectivity index (χ2n) is 12.6. The number of anilines is 3. The van der Waals surface area contributed by atoms with Crippen LogP contribution in [0.2, 0.25) is 0 Å². The van der Waals surface area contributed by atoms with Crippen LogP contribution in [-0.2, 0) is 16.1 Å². The first-order chi connectivity index (χ1) is 23.3. The summed E-state index contributed by atoms with van der Waals surface area (Å²) in [7, 11) is 0. The minimum Gasteiger partial charge on any atom is -0.374 e. The highest BCUT2D eigenvalue weighted by Gasteiger charge is 2.40. The van der Waals surface area contributed by atoms with Gasteiger partial charge in [-0.2, -0.15) is 10.2 Å². The monoisotopic (exact) mass is 661 g/mol. The lowest BCUT2D eigenvalue weighted by Crippen LogP contribution is -2.49. The van der Waals surface area contributed by atoms with E-state index in [0.717, 1.165) is 24.3 Å². The molecule has 15 nitrogen and oxygen atoms in total. The molecule has 8 heterocycles. The Kier molecular flexibility index (Phi) is 7.71. The number of alkyl halides is 2. The molecule has 0 aromatic carbocycles. The summed E-state index contributed by atoms with van der Waals surface area (Å²) in [6.45, 7) is 3.63. The van der Waals surface area contributed by atoms with E-state index in [1.807, 2.05) is 18.2 Å². The SMILES string of the molecule is O=C1CCN(c2cc(CN3CCC(n4cc(NC(=O)c5cnn6ccc(N7C[C@@H]8C[C@H]7CO8)nc56)c(C(F)F)n4)CC3)ccn2)C(=O)N1. The first kappa shape index (κ1) is 30.3. The van der Waals surface area contributed by atoms with Crippen LogP contribution in [0, 0.1) is 0 Å². The summed E-state index contributed by atoms with van der Waals surface area (Å²) < 4.78 is 37.0. The quantitative estimate of drug-likeness (QED) is 0.288. The van der Waals surface area contributed by atoms with Crippen molar-refractivity contribution in [1.82, 2.24) is 39.6 Å². The van der Waals surface area contributed by atoms with Gasteiger partial charge in [0.2, 0.25) is 5.91 Å². The van der Waals surface area contributed by atoms with Gasteiger partial charge in [-0.15, -0.1) is 0 Å². The van der Waals surface area contributed by atoms with Crippen LogP contribution in [-0.4, -0.2) is 97.0 Å². The number of pyridine rings is 1. The van der Waals surface area contributed by atoms with Crippen molar-refractivity contribution in [1.29, 1.82) is 0 Å². The summed E-state index contributed by atoms with van der Waals surface area (Å²) in [6.07, 6.45) is 6.02. The van der Waals surface area contributed by atoms with Gasteiger partial charge in [-0.1, -0.05) is 0 Å². The molecule has 2 bridgehead atoms. The van der Waals surface area contributed by atoms with Crippen LogP contribution in [0.5, 0.6) is 0 Å². The summed E-state index contributed by atoms with van der Waals surface area (Å²) in [5, 5.41) is 13.4. The second kappa shape index (κ2) is 12.2. The molecule has 250 valence electrons. The van der Waals surface area contributed by atoms with Gasteiger partial charge in [0.25, 0.3) is 12.3 Å². The number of carbonyl (C=O) groups is 3. The van der Waals surface area contributed by atoms with E-state index in [1.54, 1.807) is 12.4 Å². The van der Waals surface area contributed by atoms with E-state index in [4.69, 9.17) is 9.72 Å². The van der Waals surface area contributed by atoms with E-state index in [0.29, 0.717) is 50.5 Å². The third-order valence-electron chi connectivity index (χ3n) is 9.49. The average Bonchev–Trinajstić information content (AvgIpc) is 3.89. The van der Waals surface area contributed by atoms with Crippen molar-refractivity contribution >= 4 is 40.8 Å². The molecule has 2 atom stereocenters. The van der Waals surface area contributed by atoms with Gasteiger partial charge >= 0.3 is 6.03 Å². The highest BCUT2D eigenvalue weighted by molar-refractivity contribution is 6.08. The van der Waals surface area contributed by atoms with Gasteiger partial charge in [-0.25, -0.2) is 28.1 Å². The molecule has 4 aliphatic heterocycles. The summed E-state index contributed by atoms with van der Waals surface area (Å²) in [5.41, 5.74) is 0.935. The smallest absolute Gasteiger partial charge is 0.329 e. The van der Waals surface area contributed by atoms with Gasteiger partial charge in [-0.05, 0) is 43.0 Å². The Bertz CT molecular complexity index is 1890. The lowest BCUT2D eigenvalue weighted by atomic mass is 10.0. The van der Waals surface area contributed by atoms with E-state index >= 15 is 0 Å². The molecule has 0 saturated carbocycles. The van der Waals surface area contributed by atoms with Crippen molar-refractivity contribution in [2.45, 2.75) is 56.8 Å². The van der Waals surface area contributed by atoms with Crippen LogP contribution in [0.15, 0.2) is 43.0 Å². The molecule has 0 unspecified atom stereocenters. The molecule has 4 aromatic heterocycles. The lowest BCUT2D eigenvalue weighted by molar-refractivity contribution is -0.120. The van der Waals surface area contributed by atoms with E-state index in [9.17, 15) is 23.2 Å². The molecule has 0 aliphatic carbocycles. The van der Waals surface area contributed by atoms with Crippen LogP contribution in [0.3, 0.4) is 0 Å². The molecule has 0 radical (unpaired) electrons. The molecule has 4 amide bonds. The highest BCUT2D eigenvalue weighted by Crippen LogP contribution is 2.33. The van der Waals surface area contributed by atoms with Gasteiger partial charge in [0, 0.05) is 57.7 Å². The maximum atomic E-state index is 14.1. The maximum Gasteiger partial charge on any atom is 0.329 e. The first-order valence-electron chi connectivity index (χ1n) is 16.0. The number of nitrogens with one attached hydrogen (secondary N) is 2. The molecule has 4 fully saturated rings. The zero-order valence-electron chi connectivity index (χ0n) is 25.8. The van der Waals surface area contributed by atoms with Crippen LogP contribution in [0.25, 0.3) is 5.65 Å². The van der Waals surface area contributed by atoms with E-state index in [1.165, 1.54) is 26.5 Å². The summed E-state index contributed by atoms with van der Waals surface area (Å²) in [5.74, 6) is 0.298. The second-order valence-corrected chi connectivity index (χ2v) is 12.6. The Morgan fingerprint density at radius 2 is 1.98 bits per heavy atom. The number of aromatic nitrogens is 6. The fraction of sp³-hybridized carbons (Fsp3) is 0.452. The van der Waals surface area contributed by atoms with Crippen molar-refractivity contribution in [2.75, 3.05) is 47.9 Å². The third-order valence-corrected chi connectivity index (χ3v) is 9.49. The number of nitrogens with zero attached hydrogens (tertiary/aromatic N) is 9. The predicted molar refractivity (Wildman–Crippen MR) is 167 cm³/mol. The summed E-state index contributed by atoms with van der Waals surface area (Å²) in [4.78, 5) is 52.0. The Hall–Kier alpha value is -5.03. The zero-order valence-corrected chi connectivity index (χ0v) is 25.8. The van der Waals surface area contributed by atoms with E-state index in [-0.39, 0.29) is 48.3 Å². The van der Waals surface area contributed by atoms with Crippen molar-refractivity contribution in [3.8, 4) is 0 Å². The van der Waals surface area contributed by atoms with Crippen LogP contribution < -0.4 is 20.4 Å². The average molecular weight is 662 g/mol. The van der Waals surface area contributed by atoms with Crippen molar-refractivity contribution in [3.63, 3.8) is 0 Å². The van der Waals surface area contributed by atoms with Crippen LogP contribution >= 0.6 is 0 Å². The molecule has 17 heteroatoms. The number of ether oxygens (including phenoxy) is 1. The van der Waals surface area contributed by atoms with Gasteiger partial charge in [0.1, 0.15) is 17.2 Å². The fourth-order valence-corrected chi connectivity index (χ4v) is 6.99. The van der Waals surface area contributed by atoms with Crippen LogP contribution in [0.1, 0.15) is 59.8 Å². The number of piperidine rings is 1. The maximum absolute atomic E-state index is 14.1. The lowest BCUT2D eigenvalue weighted by Gasteiger charge is -2.32. The molecule has 4 aromatic rings. The minimum atomic E-state index is -2.89. The summed E-state index contributed by atoms with van der Waals surface area (Å²) >= 11 is 0. The molecule has 4 saturated heterocycles. The molecule has 2 N–H and O–H groups in total. The topological polar surface area (TPSA) is 155 Å². The number of amides is 4. The van der Waals surface area contributed by atoms with Crippen molar-refractivity contribution in [2.24, 2.45) is 0 Å². The first-order valence-corrected chi connectivity index (χ1v) is 16.0. The number of morpholine rings is 1. The third kappa shape index (κ3) is 5.72. The molecular weight excluding hydrogens is 628 g/mol. The van der Waals surface area contributed by atoms with Gasteiger partial charge in [0.05, 0.1) is 36.7 Å². The van der Waals surface area contributed by atoms with Gasteiger partial charge < -0.3 is 15.0 Å². The molecule has 8 rings (SSSR count). The Morgan fingerprint density at radius 3 is 2.73 bits per heavy atom. The molecule has 48 heavy (non-hydrogen) atoms. The zero-order chi connectivity index (χ0) is 32.9. The molecular formula is C31H33F2N11O4.